The minimum atomic E-state index is -0.268. The fourth-order valence-electron chi connectivity index (χ4n) is 4.48. The molecule has 3 fully saturated rings. The van der Waals surface area contributed by atoms with Gasteiger partial charge in [-0.25, -0.2) is 4.98 Å². The maximum absolute atomic E-state index is 13.2. The van der Waals surface area contributed by atoms with Crippen molar-refractivity contribution in [1.82, 2.24) is 9.88 Å². The van der Waals surface area contributed by atoms with Crippen LogP contribution in [0.2, 0.25) is 0 Å². The number of rotatable bonds is 4. The molecule has 1 aromatic heterocycles. The van der Waals surface area contributed by atoms with E-state index in [-0.39, 0.29) is 5.41 Å². The Labute approximate surface area is 156 Å². The molecule has 0 N–H and O–H groups in total. The summed E-state index contributed by atoms with van der Waals surface area (Å²) < 4.78 is 0. The lowest BCUT2D eigenvalue weighted by atomic mass is 9.78. The van der Waals surface area contributed by atoms with Crippen molar-refractivity contribution in [2.24, 2.45) is 11.3 Å². The molecule has 0 radical (unpaired) electrons. The fraction of sp³-hybridized carbons (Fsp3) is 0.667. The second-order valence-electron chi connectivity index (χ2n) is 8.62. The lowest BCUT2D eigenvalue weighted by molar-refractivity contribution is -0.145. The average molecular weight is 352 g/mol. The van der Waals surface area contributed by atoms with Gasteiger partial charge in [0.1, 0.15) is 11.9 Å². The quantitative estimate of drug-likeness (QED) is 0.834. The van der Waals surface area contributed by atoms with Gasteiger partial charge in [-0.1, -0.05) is 13.8 Å². The summed E-state index contributed by atoms with van der Waals surface area (Å²) >= 11 is 0. The minimum absolute atomic E-state index is 0.268. The number of nitriles is 1. The van der Waals surface area contributed by atoms with Crippen LogP contribution in [0.3, 0.4) is 0 Å². The number of aromatic nitrogens is 1. The number of carbonyl (C=O) groups excluding carboxylic acids is 1. The molecule has 5 nitrogen and oxygen atoms in total. The molecule has 0 bridgehead atoms. The van der Waals surface area contributed by atoms with Gasteiger partial charge in [-0.3, -0.25) is 4.79 Å². The summed E-state index contributed by atoms with van der Waals surface area (Å²) in [5, 5.41) is 9.52. The van der Waals surface area contributed by atoms with Crippen LogP contribution in [0.15, 0.2) is 12.1 Å². The number of likely N-dealkylation sites (tertiary alicyclic amines) is 1. The molecule has 5 heteroatoms. The number of anilines is 1. The molecule has 4 rings (SSSR count). The average Bonchev–Trinajstić information content (AvgIpc) is 3.36. The van der Waals surface area contributed by atoms with Crippen LogP contribution in [-0.2, 0) is 4.79 Å². The smallest absolute Gasteiger partial charge is 0.230 e. The van der Waals surface area contributed by atoms with E-state index in [4.69, 9.17) is 4.98 Å². The molecule has 0 aromatic carbocycles. The first-order valence-corrected chi connectivity index (χ1v) is 9.98. The summed E-state index contributed by atoms with van der Waals surface area (Å²) in [5.41, 5.74) is 1.35. The first kappa shape index (κ1) is 17.3. The van der Waals surface area contributed by atoms with E-state index in [1.807, 2.05) is 12.1 Å². The Morgan fingerprint density at radius 1 is 1.31 bits per heavy atom. The van der Waals surface area contributed by atoms with Gasteiger partial charge < -0.3 is 9.80 Å². The van der Waals surface area contributed by atoms with Crippen molar-refractivity contribution in [3.05, 3.63) is 23.4 Å². The summed E-state index contributed by atoms with van der Waals surface area (Å²) in [6.07, 6.45) is 5.50. The zero-order valence-corrected chi connectivity index (χ0v) is 15.9. The molecular weight excluding hydrogens is 324 g/mol. The number of amides is 1. The fourth-order valence-corrected chi connectivity index (χ4v) is 4.48. The van der Waals surface area contributed by atoms with Crippen LogP contribution in [0.5, 0.6) is 0 Å². The molecular formula is C21H28N4O. The Balaban J connectivity index is 1.57. The number of nitrogens with zero attached hydrogens (tertiary/aromatic N) is 4. The predicted molar refractivity (Wildman–Crippen MR) is 101 cm³/mol. The topological polar surface area (TPSA) is 60.2 Å². The van der Waals surface area contributed by atoms with Crippen molar-refractivity contribution in [2.45, 2.75) is 51.9 Å². The minimum Gasteiger partial charge on any atom is -0.354 e. The third kappa shape index (κ3) is 3.06. The van der Waals surface area contributed by atoms with Crippen molar-refractivity contribution in [1.29, 1.82) is 5.26 Å². The number of piperidine rings is 1. The van der Waals surface area contributed by atoms with Gasteiger partial charge in [0.15, 0.2) is 0 Å². The summed E-state index contributed by atoms with van der Waals surface area (Å²) in [5.74, 6) is 2.17. The zero-order valence-electron chi connectivity index (χ0n) is 15.9. The second kappa shape index (κ2) is 6.57. The Morgan fingerprint density at radius 2 is 2.12 bits per heavy atom. The highest BCUT2D eigenvalue weighted by Crippen LogP contribution is 2.43. The van der Waals surface area contributed by atoms with Gasteiger partial charge in [-0.05, 0) is 56.1 Å². The van der Waals surface area contributed by atoms with Crippen LogP contribution in [0, 0.1) is 22.7 Å². The summed E-state index contributed by atoms with van der Waals surface area (Å²) in [6, 6.07) is 6.11. The van der Waals surface area contributed by atoms with Gasteiger partial charge >= 0.3 is 0 Å². The van der Waals surface area contributed by atoms with Gasteiger partial charge in [0.05, 0.1) is 11.0 Å². The van der Waals surface area contributed by atoms with Crippen LogP contribution in [-0.4, -0.2) is 42.0 Å². The molecule has 1 unspecified atom stereocenters. The van der Waals surface area contributed by atoms with Gasteiger partial charge in [0.25, 0.3) is 0 Å². The van der Waals surface area contributed by atoms with E-state index in [2.05, 4.69) is 29.7 Å². The molecule has 26 heavy (non-hydrogen) atoms. The van der Waals surface area contributed by atoms with E-state index in [0.29, 0.717) is 23.9 Å². The normalized spacial score (nSPS) is 26.0. The van der Waals surface area contributed by atoms with Crippen LogP contribution in [0.1, 0.15) is 63.1 Å². The lowest BCUT2D eigenvalue weighted by Gasteiger charge is -2.39. The largest absolute Gasteiger partial charge is 0.354 e. The third-order valence-electron chi connectivity index (χ3n) is 6.26. The van der Waals surface area contributed by atoms with Crippen molar-refractivity contribution in [3.63, 3.8) is 0 Å². The Hall–Kier alpha value is -2.09. The van der Waals surface area contributed by atoms with Crippen LogP contribution < -0.4 is 4.90 Å². The van der Waals surface area contributed by atoms with Gasteiger partial charge in [-0.15, -0.1) is 0 Å². The van der Waals surface area contributed by atoms with E-state index >= 15 is 0 Å². The maximum atomic E-state index is 13.2. The molecule has 1 aromatic rings. The van der Waals surface area contributed by atoms with Crippen molar-refractivity contribution < 1.29 is 4.79 Å². The lowest BCUT2D eigenvalue weighted by Crippen LogP contribution is -2.50. The van der Waals surface area contributed by atoms with E-state index in [1.54, 1.807) is 0 Å². The van der Waals surface area contributed by atoms with Crippen molar-refractivity contribution >= 4 is 11.7 Å². The van der Waals surface area contributed by atoms with Gasteiger partial charge in [-0.2, -0.15) is 5.26 Å². The number of hydrogen-bond donors (Lipinski definition) is 0. The highest BCUT2D eigenvalue weighted by Gasteiger charge is 2.49. The summed E-state index contributed by atoms with van der Waals surface area (Å²) in [4.78, 5) is 22.3. The molecule has 1 amide bonds. The van der Waals surface area contributed by atoms with E-state index < -0.39 is 0 Å². The molecule has 2 saturated heterocycles. The highest BCUT2D eigenvalue weighted by molar-refractivity contribution is 5.85. The molecule has 2 aliphatic heterocycles. The number of carbonyl (C=O) groups is 1. The van der Waals surface area contributed by atoms with E-state index in [1.165, 1.54) is 12.8 Å². The Bertz CT molecular complexity index is 749. The first-order chi connectivity index (χ1) is 12.5. The SMILES string of the molecule is CC(C)c1ccc(C#N)c(N2CCC3(CCCN(CC4CC4)C3=O)C2)n1. The molecule has 1 spiro atoms. The molecule has 138 valence electrons. The Kier molecular flexibility index (Phi) is 4.38. The van der Waals surface area contributed by atoms with Crippen LogP contribution >= 0.6 is 0 Å². The first-order valence-electron chi connectivity index (χ1n) is 9.98. The van der Waals surface area contributed by atoms with Crippen LogP contribution in [0.4, 0.5) is 5.82 Å². The molecule has 1 aliphatic carbocycles. The molecule has 3 heterocycles. The number of pyridine rings is 1. The van der Waals surface area contributed by atoms with Crippen LogP contribution in [0.25, 0.3) is 0 Å². The van der Waals surface area contributed by atoms with Crippen molar-refractivity contribution in [2.75, 3.05) is 31.1 Å². The third-order valence-corrected chi connectivity index (χ3v) is 6.26. The van der Waals surface area contributed by atoms with Crippen molar-refractivity contribution in [3.8, 4) is 6.07 Å². The maximum Gasteiger partial charge on any atom is 0.230 e. The summed E-state index contributed by atoms with van der Waals surface area (Å²) in [6.45, 7) is 7.61. The zero-order chi connectivity index (χ0) is 18.3. The predicted octanol–water partition coefficient (Wildman–Crippen LogP) is 3.31. The van der Waals surface area contributed by atoms with Gasteiger partial charge in [0, 0.05) is 31.9 Å². The van der Waals surface area contributed by atoms with E-state index in [9.17, 15) is 10.1 Å². The monoisotopic (exact) mass is 352 g/mol. The molecule has 1 saturated carbocycles. The highest BCUT2D eigenvalue weighted by atomic mass is 16.2. The Morgan fingerprint density at radius 3 is 2.81 bits per heavy atom. The molecule has 1 atom stereocenters. The van der Waals surface area contributed by atoms with Gasteiger partial charge in [0.2, 0.25) is 5.91 Å². The van der Waals surface area contributed by atoms with E-state index in [0.717, 1.165) is 56.3 Å². The molecule has 3 aliphatic rings. The second-order valence-corrected chi connectivity index (χ2v) is 8.62. The summed E-state index contributed by atoms with van der Waals surface area (Å²) in [7, 11) is 0. The number of hydrogen-bond acceptors (Lipinski definition) is 4. The standard InChI is InChI=1S/C21H28N4O/c1-15(2)18-7-6-17(12-22)19(23-18)25-11-9-21(14-25)8-3-10-24(20(21)26)13-16-4-5-16/h6-7,15-16H,3-5,8-11,13-14H2,1-2H3.